The summed E-state index contributed by atoms with van der Waals surface area (Å²) >= 11 is 0. The molecule has 0 aromatic rings. The Morgan fingerprint density at radius 1 is 1.46 bits per heavy atom. The zero-order chi connectivity index (χ0) is 9.19. The number of nitrogens with zero attached hydrogens (tertiary/aromatic N) is 1. The first-order valence-electron chi connectivity index (χ1n) is 3.98. The first-order valence-corrected chi connectivity index (χ1v) is 3.98. The molecule has 1 saturated heterocycles. The molecule has 0 spiro atoms. The van der Waals surface area contributed by atoms with E-state index in [-0.39, 0.29) is 57.4 Å². The summed E-state index contributed by atoms with van der Waals surface area (Å²) in [6, 6.07) is -0.0477. The van der Waals surface area contributed by atoms with Gasteiger partial charge in [-0.2, -0.15) is 0 Å². The van der Waals surface area contributed by atoms with Gasteiger partial charge in [-0.05, 0) is 19.9 Å². The van der Waals surface area contributed by atoms with Crippen molar-refractivity contribution >= 4 is 6.98 Å². The molecule has 1 atom stereocenters. The van der Waals surface area contributed by atoms with Crippen molar-refractivity contribution in [2.75, 3.05) is 26.7 Å². The summed E-state index contributed by atoms with van der Waals surface area (Å²) in [5.74, 6) is 0. The van der Waals surface area contributed by atoms with Gasteiger partial charge in [0.2, 0.25) is 0 Å². The molecule has 0 bridgehead atoms. The molecule has 7 heteroatoms. The molecule has 1 unspecified atom stereocenters. The summed E-state index contributed by atoms with van der Waals surface area (Å²) in [6.07, 6.45) is -0.0727. The van der Waals surface area contributed by atoms with Crippen LogP contribution in [-0.4, -0.2) is 44.6 Å². The van der Waals surface area contributed by atoms with Crippen molar-refractivity contribution in [1.29, 1.82) is 0 Å². The first kappa shape index (κ1) is 14.4. The number of halogens is 3. The second-order valence-corrected chi connectivity index (χ2v) is 3.17. The molecule has 0 aliphatic carbocycles. The number of likely N-dealkylation sites (N-methyl/N-ethyl adjacent to an activating group) is 1. The van der Waals surface area contributed by atoms with Gasteiger partial charge in [0, 0.05) is 12.6 Å². The van der Waals surface area contributed by atoms with Crippen LogP contribution in [0.1, 0.15) is 6.42 Å². The minimum absolute atomic E-state index is 0. The summed E-state index contributed by atoms with van der Waals surface area (Å²) in [5.41, 5.74) is 0. The number of rotatable bonds is 3. The van der Waals surface area contributed by atoms with Gasteiger partial charge >= 0.3 is 58.4 Å². The molecule has 72 valence electrons. The van der Waals surface area contributed by atoms with Crippen molar-refractivity contribution in [2.45, 2.75) is 12.5 Å². The average Bonchev–Trinajstić information content (AvgIpc) is 2.32. The van der Waals surface area contributed by atoms with Crippen molar-refractivity contribution in [3.8, 4) is 0 Å². The second-order valence-electron chi connectivity index (χ2n) is 3.17. The Bertz CT molecular complexity index is 151. The van der Waals surface area contributed by atoms with Crippen LogP contribution in [-0.2, 0) is 4.74 Å². The molecule has 1 heterocycles. The van der Waals surface area contributed by atoms with Crippen LogP contribution >= 0.6 is 0 Å². The van der Waals surface area contributed by atoms with Gasteiger partial charge in [0.25, 0.3) is 0 Å². The van der Waals surface area contributed by atoms with Gasteiger partial charge in [-0.25, -0.2) is 0 Å². The summed E-state index contributed by atoms with van der Waals surface area (Å²) < 4.78 is 40.8. The predicted octanol–water partition coefficient (Wildman–Crippen LogP) is -1.90. The fourth-order valence-corrected chi connectivity index (χ4v) is 1.35. The van der Waals surface area contributed by atoms with Crippen molar-refractivity contribution in [1.82, 2.24) is 4.90 Å². The topological polar surface area (TPSA) is 12.5 Å². The minimum Gasteiger partial charge on any atom is -0.448 e. The summed E-state index contributed by atoms with van der Waals surface area (Å²) in [7, 11) is 1.49. The largest absolute Gasteiger partial charge is 1.00 e. The Morgan fingerprint density at radius 3 is 2.46 bits per heavy atom. The van der Waals surface area contributed by atoms with E-state index < -0.39 is 13.4 Å². The van der Waals surface area contributed by atoms with Crippen molar-refractivity contribution in [3.63, 3.8) is 0 Å². The maximum absolute atomic E-state index is 11.9. The third-order valence-electron chi connectivity index (χ3n) is 2.02. The van der Waals surface area contributed by atoms with Crippen LogP contribution in [0.3, 0.4) is 0 Å². The zero-order valence-electron chi connectivity index (χ0n) is 7.97. The smallest absolute Gasteiger partial charge is 0.448 e. The minimum atomic E-state index is -4.69. The van der Waals surface area contributed by atoms with E-state index in [0.717, 1.165) is 0 Å². The Hall–Kier alpha value is 1.41. The molecule has 0 N–H and O–H groups in total. The van der Waals surface area contributed by atoms with Crippen LogP contribution in [0.15, 0.2) is 0 Å². The maximum atomic E-state index is 11.9. The third-order valence-corrected chi connectivity index (χ3v) is 2.02. The zero-order valence-corrected chi connectivity index (χ0v) is 11.1. The van der Waals surface area contributed by atoms with Crippen molar-refractivity contribution in [2.24, 2.45) is 0 Å². The van der Waals surface area contributed by atoms with Gasteiger partial charge in [-0.15, -0.1) is 0 Å². The molecular formula is C6H12BF3KNO. The first-order chi connectivity index (χ1) is 5.49. The molecule has 0 saturated carbocycles. The summed E-state index contributed by atoms with van der Waals surface area (Å²) in [4.78, 5) is 1.33. The average molecular weight is 221 g/mol. The van der Waals surface area contributed by atoms with Crippen LogP contribution < -0.4 is 51.4 Å². The molecule has 0 radical (unpaired) electrons. The molecule has 1 fully saturated rings. The van der Waals surface area contributed by atoms with Crippen LogP contribution in [0.2, 0.25) is 0 Å². The fraction of sp³-hybridized carbons (Fsp3) is 1.00. The number of hydrogen-bond acceptors (Lipinski definition) is 2. The Labute approximate surface area is 119 Å². The van der Waals surface area contributed by atoms with Crippen LogP contribution in [0.4, 0.5) is 12.9 Å². The molecule has 0 aromatic carbocycles. The molecule has 0 aromatic heterocycles. The van der Waals surface area contributed by atoms with E-state index >= 15 is 0 Å². The summed E-state index contributed by atoms with van der Waals surface area (Å²) in [5, 5.41) is 0. The molecule has 2 nitrogen and oxygen atoms in total. The van der Waals surface area contributed by atoms with E-state index in [1.165, 1.54) is 11.9 Å². The van der Waals surface area contributed by atoms with Gasteiger partial charge in [0.05, 0.1) is 6.61 Å². The maximum Gasteiger partial charge on any atom is 1.00 e. The fourth-order valence-electron chi connectivity index (χ4n) is 1.35. The SMILES string of the molecule is CN(C[B-](F)(F)F)C1CCOC1.[K+]. The van der Waals surface area contributed by atoms with Gasteiger partial charge in [0.15, 0.2) is 0 Å². The molecule has 0 amide bonds. The standard InChI is InChI=1S/C6H12BF3NO.K/c1-11(5-7(8,9)10)6-2-3-12-4-6;/h6H,2-5H2,1H3;/q-1;+1. The number of ether oxygens (including phenoxy) is 1. The Kier molecular flexibility index (Phi) is 6.76. The number of hydrogen-bond donors (Lipinski definition) is 0. The van der Waals surface area contributed by atoms with Crippen molar-refractivity contribution < 1.29 is 69.1 Å². The van der Waals surface area contributed by atoms with Crippen LogP contribution in [0.25, 0.3) is 0 Å². The quantitative estimate of drug-likeness (QED) is 0.516. The molecule has 13 heavy (non-hydrogen) atoms. The molecule has 1 aliphatic rings. The van der Waals surface area contributed by atoms with Gasteiger partial charge in [0.1, 0.15) is 0 Å². The van der Waals surface area contributed by atoms with Crippen molar-refractivity contribution in [3.05, 3.63) is 0 Å². The van der Waals surface area contributed by atoms with E-state index in [4.69, 9.17) is 4.74 Å². The van der Waals surface area contributed by atoms with E-state index in [9.17, 15) is 12.9 Å². The van der Waals surface area contributed by atoms with Gasteiger partial charge in [-0.1, -0.05) is 0 Å². The Morgan fingerprint density at radius 2 is 2.08 bits per heavy atom. The Balaban J connectivity index is 0.00000144. The van der Waals surface area contributed by atoms with E-state index in [2.05, 4.69) is 0 Å². The van der Waals surface area contributed by atoms with Gasteiger partial charge in [-0.3, -0.25) is 0 Å². The predicted molar refractivity (Wildman–Crippen MR) is 40.9 cm³/mol. The van der Waals surface area contributed by atoms with Gasteiger partial charge < -0.3 is 22.6 Å². The van der Waals surface area contributed by atoms with E-state index in [1.54, 1.807) is 0 Å². The third kappa shape index (κ3) is 5.76. The molecule has 1 aliphatic heterocycles. The van der Waals surface area contributed by atoms with Crippen LogP contribution in [0, 0.1) is 0 Å². The molecule has 1 rings (SSSR count). The molecular weight excluding hydrogens is 209 g/mol. The second kappa shape index (κ2) is 6.09. The normalized spacial score (nSPS) is 23.3. The van der Waals surface area contributed by atoms with Crippen LogP contribution in [0.5, 0.6) is 0 Å². The monoisotopic (exact) mass is 221 g/mol. The van der Waals surface area contributed by atoms with E-state index in [0.29, 0.717) is 19.6 Å². The summed E-state index contributed by atoms with van der Waals surface area (Å²) in [6.45, 7) is -3.68. The van der Waals surface area contributed by atoms with E-state index in [1.807, 2.05) is 0 Å².